The van der Waals surface area contributed by atoms with Gasteiger partial charge in [0.25, 0.3) is 0 Å². The molecule has 1 heterocycles. The van der Waals surface area contributed by atoms with Crippen LogP contribution in [0.15, 0.2) is 30.5 Å². The average Bonchev–Trinajstić information content (AvgIpc) is 2.65. The fourth-order valence-corrected chi connectivity index (χ4v) is 1.44. The molecule has 15 heavy (non-hydrogen) atoms. The molecule has 0 aliphatic carbocycles. The van der Waals surface area contributed by atoms with Gasteiger partial charge in [-0.2, -0.15) is 5.10 Å². The molecule has 0 aliphatic rings. The van der Waals surface area contributed by atoms with Crippen LogP contribution >= 0.6 is 0 Å². The van der Waals surface area contributed by atoms with Gasteiger partial charge in [0, 0.05) is 11.8 Å². The molecule has 1 aromatic carbocycles. The molecule has 0 fully saturated rings. The van der Waals surface area contributed by atoms with Crippen LogP contribution in [0.1, 0.15) is 16.1 Å². The Morgan fingerprint density at radius 1 is 1.33 bits per heavy atom. The van der Waals surface area contributed by atoms with Gasteiger partial charge in [0.1, 0.15) is 0 Å². The van der Waals surface area contributed by atoms with Crippen molar-refractivity contribution in [1.29, 1.82) is 0 Å². The first kappa shape index (κ1) is 9.45. The first-order valence-electron chi connectivity index (χ1n) is 4.52. The van der Waals surface area contributed by atoms with Crippen molar-refractivity contribution < 1.29 is 9.90 Å². The summed E-state index contributed by atoms with van der Waals surface area (Å²) in [7, 11) is 0. The summed E-state index contributed by atoms with van der Waals surface area (Å²) in [6.07, 6.45) is 1.80. The molecule has 0 radical (unpaired) electrons. The van der Waals surface area contributed by atoms with E-state index >= 15 is 0 Å². The normalized spacial score (nSPS) is 10.2. The Labute approximate surface area is 86.6 Å². The summed E-state index contributed by atoms with van der Waals surface area (Å²) in [6.45, 7) is 1.90. The highest BCUT2D eigenvalue weighted by Gasteiger charge is 2.05. The Morgan fingerprint density at radius 2 is 2.00 bits per heavy atom. The summed E-state index contributed by atoms with van der Waals surface area (Å²) >= 11 is 0. The summed E-state index contributed by atoms with van der Waals surface area (Å²) in [5, 5.41) is 15.5. The van der Waals surface area contributed by atoms with E-state index in [1.807, 2.05) is 6.92 Å². The highest BCUT2D eigenvalue weighted by molar-refractivity contribution is 5.88. The summed E-state index contributed by atoms with van der Waals surface area (Å²) in [5.41, 5.74) is 3.15. The molecule has 76 valence electrons. The van der Waals surface area contributed by atoms with E-state index in [0.717, 1.165) is 16.8 Å². The number of aromatic nitrogens is 2. The maximum atomic E-state index is 10.6. The van der Waals surface area contributed by atoms with Crippen molar-refractivity contribution in [2.45, 2.75) is 6.92 Å². The number of rotatable bonds is 2. The Bertz CT molecular complexity index is 486. The molecule has 0 spiro atoms. The lowest BCUT2D eigenvalue weighted by atomic mass is 10.1. The molecule has 0 amide bonds. The molecule has 2 N–H and O–H groups in total. The fraction of sp³-hybridized carbons (Fsp3) is 0.0909. The molecule has 0 atom stereocenters. The zero-order valence-electron chi connectivity index (χ0n) is 8.19. The molecule has 0 saturated heterocycles. The van der Waals surface area contributed by atoms with Crippen molar-refractivity contribution in [1.82, 2.24) is 10.2 Å². The number of nitrogens with zero attached hydrogens (tertiary/aromatic N) is 1. The van der Waals surface area contributed by atoms with Crippen molar-refractivity contribution in [2.24, 2.45) is 0 Å². The van der Waals surface area contributed by atoms with Gasteiger partial charge in [-0.15, -0.1) is 0 Å². The van der Waals surface area contributed by atoms with Crippen LogP contribution in [0.3, 0.4) is 0 Å². The van der Waals surface area contributed by atoms with Crippen LogP contribution in [0.5, 0.6) is 0 Å². The minimum Gasteiger partial charge on any atom is -0.478 e. The molecule has 0 unspecified atom stereocenters. The van der Waals surface area contributed by atoms with E-state index in [1.165, 1.54) is 0 Å². The molecule has 4 heteroatoms. The summed E-state index contributed by atoms with van der Waals surface area (Å²) in [5.74, 6) is -0.912. The quantitative estimate of drug-likeness (QED) is 0.783. The maximum absolute atomic E-state index is 10.6. The topological polar surface area (TPSA) is 66.0 Å². The van der Waals surface area contributed by atoms with Crippen LogP contribution in [0.4, 0.5) is 0 Å². The first-order chi connectivity index (χ1) is 7.18. The molecular formula is C11H10N2O2. The zero-order chi connectivity index (χ0) is 10.8. The van der Waals surface area contributed by atoms with Gasteiger partial charge in [-0.3, -0.25) is 5.10 Å². The lowest BCUT2D eigenvalue weighted by molar-refractivity contribution is 0.0697. The number of benzene rings is 1. The van der Waals surface area contributed by atoms with Crippen LogP contribution in [0, 0.1) is 6.92 Å². The van der Waals surface area contributed by atoms with Gasteiger partial charge in [0.2, 0.25) is 0 Å². The average molecular weight is 202 g/mol. The van der Waals surface area contributed by atoms with E-state index < -0.39 is 5.97 Å². The number of carbonyl (C=O) groups is 1. The SMILES string of the molecule is Cc1n[nH]cc1-c1ccc(C(=O)O)cc1. The van der Waals surface area contributed by atoms with Gasteiger partial charge in [-0.25, -0.2) is 4.79 Å². The lowest BCUT2D eigenvalue weighted by Crippen LogP contribution is -1.94. The molecule has 4 nitrogen and oxygen atoms in total. The largest absolute Gasteiger partial charge is 0.478 e. The molecule has 0 bridgehead atoms. The summed E-state index contributed by atoms with van der Waals surface area (Å²) < 4.78 is 0. The van der Waals surface area contributed by atoms with E-state index in [2.05, 4.69) is 10.2 Å². The first-order valence-corrected chi connectivity index (χ1v) is 4.52. The van der Waals surface area contributed by atoms with E-state index in [0.29, 0.717) is 5.56 Å². The number of aromatic amines is 1. The Morgan fingerprint density at radius 3 is 2.47 bits per heavy atom. The van der Waals surface area contributed by atoms with Crippen molar-refractivity contribution in [2.75, 3.05) is 0 Å². The predicted octanol–water partition coefficient (Wildman–Crippen LogP) is 2.08. The van der Waals surface area contributed by atoms with Crippen LogP contribution < -0.4 is 0 Å². The summed E-state index contributed by atoms with van der Waals surface area (Å²) in [6, 6.07) is 6.73. The van der Waals surface area contributed by atoms with Crippen LogP contribution in [-0.4, -0.2) is 21.3 Å². The third-order valence-corrected chi connectivity index (χ3v) is 2.27. The van der Waals surface area contributed by atoms with Crippen molar-refractivity contribution in [3.8, 4) is 11.1 Å². The Hall–Kier alpha value is -2.10. The number of carboxylic acid groups (broad SMARTS) is 1. The molecule has 0 saturated carbocycles. The number of nitrogens with one attached hydrogen (secondary N) is 1. The smallest absolute Gasteiger partial charge is 0.335 e. The second-order valence-electron chi connectivity index (χ2n) is 3.27. The fourth-order valence-electron chi connectivity index (χ4n) is 1.44. The van der Waals surface area contributed by atoms with Crippen LogP contribution in [0.25, 0.3) is 11.1 Å². The van der Waals surface area contributed by atoms with E-state index in [4.69, 9.17) is 5.11 Å². The second-order valence-corrected chi connectivity index (χ2v) is 3.27. The number of aryl methyl sites for hydroxylation is 1. The zero-order valence-corrected chi connectivity index (χ0v) is 8.19. The van der Waals surface area contributed by atoms with E-state index in [-0.39, 0.29) is 0 Å². The van der Waals surface area contributed by atoms with Crippen LogP contribution in [-0.2, 0) is 0 Å². The number of hydrogen-bond donors (Lipinski definition) is 2. The molecule has 2 aromatic rings. The van der Waals surface area contributed by atoms with E-state index in [1.54, 1.807) is 30.5 Å². The highest BCUT2D eigenvalue weighted by atomic mass is 16.4. The predicted molar refractivity (Wildman–Crippen MR) is 55.7 cm³/mol. The van der Waals surface area contributed by atoms with E-state index in [9.17, 15) is 4.79 Å². The summed E-state index contributed by atoms with van der Waals surface area (Å²) in [4.78, 5) is 10.6. The monoisotopic (exact) mass is 202 g/mol. The minimum absolute atomic E-state index is 0.292. The number of aromatic carboxylic acids is 1. The standard InChI is InChI=1S/C11H10N2O2/c1-7-10(6-12-13-7)8-2-4-9(5-3-8)11(14)15/h2-6H,1H3,(H,12,13)(H,14,15). The van der Waals surface area contributed by atoms with Gasteiger partial charge in [-0.1, -0.05) is 12.1 Å². The minimum atomic E-state index is -0.912. The number of H-pyrrole nitrogens is 1. The van der Waals surface area contributed by atoms with Crippen LogP contribution in [0.2, 0.25) is 0 Å². The van der Waals surface area contributed by atoms with Gasteiger partial charge < -0.3 is 5.11 Å². The van der Waals surface area contributed by atoms with Gasteiger partial charge in [-0.05, 0) is 24.6 Å². The second kappa shape index (κ2) is 3.57. The maximum Gasteiger partial charge on any atom is 0.335 e. The number of carboxylic acids is 1. The van der Waals surface area contributed by atoms with Gasteiger partial charge in [0.15, 0.2) is 0 Å². The third-order valence-electron chi connectivity index (χ3n) is 2.27. The molecule has 2 rings (SSSR count). The molecule has 0 aliphatic heterocycles. The molecular weight excluding hydrogens is 192 g/mol. The third kappa shape index (κ3) is 1.74. The van der Waals surface area contributed by atoms with Gasteiger partial charge in [0.05, 0.1) is 11.3 Å². The van der Waals surface area contributed by atoms with Crippen molar-refractivity contribution >= 4 is 5.97 Å². The molecule has 1 aromatic heterocycles. The highest BCUT2D eigenvalue weighted by Crippen LogP contribution is 2.21. The Kier molecular flexibility index (Phi) is 2.25. The van der Waals surface area contributed by atoms with Crippen molar-refractivity contribution in [3.05, 3.63) is 41.7 Å². The van der Waals surface area contributed by atoms with Crippen molar-refractivity contribution in [3.63, 3.8) is 0 Å². The van der Waals surface area contributed by atoms with Gasteiger partial charge >= 0.3 is 5.97 Å². The Balaban J connectivity index is 2.40. The lowest BCUT2D eigenvalue weighted by Gasteiger charge is -1.99. The number of hydrogen-bond acceptors (Lipinski definition) is 2.